The number of anilines is 5. The Morgan fingerprint density at radius 3 is 2.17 bits per heavy atom. The molecular formula is C50H41BN2O. The molecule has 4 heterocycles. The van der Waals surface area contributed by atoms with Crippen LogP contribution >= 0.6 is 0 Å². The van der Waals surface area contributed by atoms with E-state index in [1.165, 1.54) is 72.5 Å². The van der Waals surface area contributed by atoms with Gasteiger partial charge in [0.15, 0.2) is 0 Å². The van der Waals surface area contributed by atoms with Crippen LogP contribution in [0.1, 0.15) is 56.9 Å². The van der Waals surface area contributed by atoms with Crippen molar-refractivity contribution in [2.45, 2.75) is 52.4 Å². The van der Waals surface area contributed by atoms with Crippen LogP contribution in [0.3, 0.4) is 0 Å². The molecule has 3 aliphatic heterocycles. The largest absolute Gasteiger partial charge is 0.456 e. The molecule has 0 unspecified atom stereocenters. The van der Waals surface area contributed by atoms with Gasteiger partial charge in [0.25, 0.3) is 0 Å². The van der Waals surface area contributed by atoms with Gasteiger partial charge in [-0.1, -0.05) is 138 Å². The topological polar surface area (TPSA) is 19.6 Å². The van der Waals surface area contributed by atoms with Gasteiger partial charge in [-0.05, 0) is 87.0 Å². The van der Waals surface area contributed by atoms with Crippen molar-refractivity contribution in [1.82, 2.24) is 0 Å². The van der Waals surface area contributed by atoms with Crippen LogP contribution in [0.5, 0.6) is 0 Å². The van der Waals surface area contributed by atoms with Crippen LogP contribution in [-0.4, -0.2) is 6.85 Å². The molecule has 0 N–H and O–H groups in total. The molecular weight excluding hydrogens is 655 g/mol. The first-order chi connectivity index (χ1) is 26.1. The number of para-hydroxylation sites is 3. The van der Waals surface area contributed by atoms with Crippen molar-refractivity contribution in [3.8, 4) is 22.3 Å². The second kappa shape index (κ2) is 10.8. The van der Waals surface area contributed by atoms with Gasteiger partial charge in [0.05, 0.1) is 5.69 Å². The lowest BCUT2D eigenvalue weighted by molar-refractivity contribution is 0.590. The normalized spacial score (nSPS) is 14.9. The molecule has 0 amide bonds. The van der Waals surface area contributed by atoms with E-state index in [9.17, 15) is 0 Å². The Balaban J connectivity index is 1.30. The van der Waals surface area contributed by atoms with E-state index in [0.29, 0.717) is 0 Å². The first-order valence-electron chi connectivity index (χ1n) is 19.2. The second-order valence-electron chi connectivity index (χ2n) is 17.1. The molecule has 0 radical (unpaired) electrons. The minimum Gasteiger partial charge on any atom is -0.456 e. The highest BCUT2D eigenvalue weighted by Crippen LogP contribution is 2.56. The Labute approximate surface area is 317 Å². The Morgan fingerprint density at radius 2 is 1.33 bits per heavy atom. The maximum Gasteiger partial charge on any atom is 0.333 e. The third-order valence-corrected chi connectivity index (χ3v) is 12.4. The average molecular weight is 697 g/mol. The summed E-state index contributed by atoms with van der Waals surface area (Å²) < 4.78 is 6.68. The number of nitrogens with zero attached hydrogens (tertiary/aromatic N) is 2. The molecule has 54 heavy (non-hydrogen) atoms. The fourth-order valence-electron chi connectivity index (χ4n) is 9.79. The van der Waals surface area contributed by atoms with Crippen molar-refractivity contribution in [3.63, 3.8) is 0 Å². The van der Waals surface area contributed by atoms with Gasteiger partial charge in [-0.2, -0.15) is 0 Å². The van der Waals surface area contributed by atoms with Crippen LogP contribution < -0.4 is 20.6 Å². The monoisotopic (exact) mass is 696 g/mol. The molecule has 7 aromatic carbocycles. The molecule has 0 spiro atoms. The highest BCUT2D eigenvalue weighted by molar-refractivity contribution is 6.94. The molecule has 0 aliphatic carbocycles. The fraction of sp³-hybridized carbons (Fsp3) is 0.160. The van der Waals surface area contributed by atoms with E-state index >= 15 is 0 Å². The summed E-state index contributed by atoms with van der Waals surface area (Å²) in [5.74, 6) is 0. The van der Waals surface area contributed by atoms with Gasteiger partial charge in [-0.15, -0.1) is 0 Å². The second-order valence-corrected chi connectivity index (χ2v) is 17.1. The molecule has 3 nitrogen and oxygen atoms in total. The summed E-state index contributed by atoms with van der Waals surface area (Å²) in [4.78, 5) is 5.23. The summed E-state index contributed by atoms with van der Waals surface area (Å²) in [5, 5.41) is 2.30. The van der Waals surface area contributed by atoms with E-state index in [-0.39, 0.29) is 17.7 Å². The summed E-state index contributed by atoms with van der Waals surface area (Å²) in [7, 11) is 0. The fourth-order valence-corrected chi connectivity index (χ4v) is 9.79. The summed E-state index contributed by atoms with van der Waals surface area (Å²) in [5.41, 5.74) is 20.7. The zero-order valence-electron chi connectivity index (χ0n) is 31.7. The van der Waals surface area contributed by atoms with Gasteiger partial charge in [-0.25, -0.2) is 0 Å². The standard InChI is InChI=1S/C50H41BN2O/c1-30-25-37-34-18-14-20-39-48(34)53(42-21-12-11-19-38(42)50(39,5)6)51-40-28-36-33-17-10-13-22-45(33)54-46(36)29-43(40)52(44(26-30)47(37)51)41-24-23-32(49(2,3)4)27-35(41)31-15-8-7-9-16-31/h7-29H,1-6H3. The molecule has 0 bridgehead atoms. The highest BCUT2D eigenvalue weighted by atomic mass is 16.3. The molecule has 11 rings (SSSR count). The van der Waals surface area contributed by atoms with E-state index in [1.807, 2.05) is 0 Å². The predicted octanol–water partition coefficient (Wildman–Crippen LogP) is 12.2. The van der Waals surface area contributed by atoms with E-state index in [4.69, 9.17) is 4.42 Å². The maximum absolute atomic E-state index is 6.68. The van der Waals surface area contributed by atoms with Crippen LogP contribution in [0.25, 0.3) is 44.2 Å². The van der Waals surface area contributed by atoms with E-state index in [1.54, 1.807) is 0 Å². The number of hydrogen-bond donors (Lipinski definition) is 0. The molecule has 0 atom stereocenters. The first-order valence-corrected chi connectivity index (χ1v) is 19.2. The number of benzene rings is 7. The summed E-state index contributed by atoms with van der Waals surface area (Å²) in [6.45, 7) is 13.9. The lowest BCUT2D eigenvalue weighted by atomic mass is 9.42. The predicted molar refractivity (Wildman–Crippen MR) is 228 cm³/mol. The molecule has 1 aromatic heterocycles. The van der Waals surface area contributed by atoms with Crippen molar-refractivity contribution < 1.29 is 4.42 Å². The Kier molecular flexibility index (Phi) is 6.30. The van der Waals surface area contributed by atoms with Gasteiger partial charge in [-0.3, -0.25) is 0 Å². The average Bonchev–Trinajstić information content (AvgIpc) is 3.54. The summed E-state index contributed by atoms with van der Waals surface area (Å²) >= 11 is 0. The quantitative estimate of drug-likeness (QED) is 0.168. The summed E-state index contributed by atoms with van der Waals surface area (Å²) in [6, 6.07) is 52.2. The van der Waals surface area contributed by atoms with Crippen LogP contribution in [0, 0.1) is 6.92 Å². The molecule has 0 fully saturated rings. The Morgan fingerprint density at radius 1 is 0.574 bits per heavy atom. The van der Waals surface area contributed by atoms with Gasteiger partial charge < -0.3 is 14.1 Å². The number of aryl methyl sites for hydroxylation is 1. The molecule has 0 saturated heterocycles. The third-order valence-electron chi connectivity index (χ3n) is 12.4. The van der Waals surface area contributed by atoms with E-state index in [0.717, 1.165) is 33.3 Å². The molecule has 3 aliphatic rings. The van der Waals surface area contributed by atoms with Crippen LogP contribution in [0.15, 0.2) is 144 Å². The maximum atomic E-state index is 6.68. The van der Waals surface area contributed by atoms with Gasteiger partial charge in [0.2, 0.25) is 0 Å². The zero-order valence-corrected chi connectivity index (χ0v) is 31.7. The van der Waals surface area contributed by atoms with Gasteiger partial charge in [0.1, 0.15) is 11.2 Å². The van der Waals surface area contributed by atoms with Crippen LogP contribution in [-0.2, 0) is 10.8 Å². The minimum atomic E-state index is -0.157. The third kappa shape index (κ3) is 4.20. The van der Waals surface area contributed by atoms with Crippen molar-refractivity contribution in [1.29, 1.82) is 0 Å². The Hall–Kier alpha value is -6.00. The lowest BCUT2D eigenvalue weighted by Gasteiger charge is -2.51. The number of hydrogen-bond acceptors (Lipinski definition) is 3. The SMILES string of the molecule is Cc1cc2c3c(c1)N(c1ccc(C(C)(C)C)cc1-c1ccccc1)c1cc4oc5ccccc5c4cc1B3N1c3ccccc3C(C)(C)c3cccc-2c31. The number of furan rings is 1. The van der Waals surface area contributed by atoms with Crippen molar-refractivity contribution >= 4 is 68.1 Å². The van der Waals surface area contributed by atoms with Crippen molar-refractivity contribution in [3.05, 3.63) is 162 Å². The van der Waals surface area contributed by atoms with Gasteiger partial charge >= 0.3 is 6.85 Å². The Bertz CT molecular complexity index is 2880. The highest BCUT2D eigenvalue weighted by Gasteiger charge is 2.50. The molecule has 0 saturated carbocycles. The van der Waals surface area contributed by atoms with Gasteiger partial charge in [0, 0.05) is 56.1 Å². The molecule has 4 heteroatoms. The minimum absolute atomic E-state index is 0.00719. The number of rotatable bonds is 2. The summed E-state index contributed by atoms with van der Waals surface area (Å²) in [6.07, 6.45) is 0. The first kappa shape index (κ1) is 31.5. The van der Waals surface area contributed by atoms with E-state index < -0.39 is 0 Å². The number of fused-ring (bicyclic) bond motifs is 9. The smallest absolute Gasteiger partial charge is 0.333 e. The van der Waals surface area contributed by atoms with E-state index in [2.05, 4.69) is 191 Å². The van der Waals surface area contributed by atoms with Crippen molar-refractivity contribution in [2.75, 3.05) is 9.71 Å². The van der Waals surface area contributed by atoms with Crippen molar-refractivity contribution in [2.24, 2.45) is 0 Å². The van der Waals surface area contributed by atoms with Crippen LogP contribution in [0.4, 0.5) is 28.4 Å². The zero-order chi connectivity index (χ0) is 36.7. The molecule has 260 valence electrons. The molecule has 8 aromatic rings. The van der Waals surface area contributed by atoms with Crippen LogP contribution in [0.2, 0.25) is 0 Å². The lowest BCUT2D eigenvalue weighted by Crippen LogP contribution is -2.63.